The van der Waals surface area contributed by atoms with Crippen molar-refractivity contribution in [1.29, 1.82) is 0 Å². The van der Waals surface area contributed by atoms with Gasteiger partial charge in [0, 0.05) is 16.3 Å². The molecule has 4 rings (SSSR count). The molecule has 2 aromatic rings. The van der Waals surface area contributed by atoms with E-state index in [0.29, 0.717) is 17.1 Å². The molecule has 0 fully saturated rings. The van der Waals surface area contributed by atoms with Gasteiger partial charge in [-0.1, -0.05) is 6.42 Å². The van der Waals surface area contributed by atoms with Crippen LogP contribution in [0.2, 0.25) is 0 Å². The third kappa shape index (κ3) is 5.39. The first-order valence-corrected chi connectivity index (χ1v) is 13.9. The predicted molar refractivity (Wildman–Crippen MR) is 135 cm³/mol. The van der Waals surface area contributed by atoms with E-state index >= 15 is 0 Å². The molecular weight excluding hydrogens is 508 g/mol. The maximum atomic E-state index is 13.1. The van der Waals surface area contributed by atoms with Crippen LogP contribution >= 0.6 is 38.6 Å². The summed E-state index contributed by atoms with van der Waals surface area (Å²) in [7, 11) is 0. The van der Waals surface area contributed by atoms with Crippen LogP contribution in [0.4, 0.5) is 9.80 Å². The zero-order valence-electron chi connectivity index (χ0n) is 19.0. The quantitative estimate of drug-likeness (QED) is 0.325. The van der Waals surface area contributed by atoms with Crippen molar-refractivity contribution < 1.29 is 14.3 Å². The fraction of sp³-hybridized carbons (Fsp3) is 0.583. The summed E-state index contributed by atoms with van der Waals surface area (Å²) < 4.78 is 6.81. The third-order valence-electron chi connectivity index (χ3n) is 5.91. The molecule has 2 N–H and O–H groups in total. The number of urea groups is 1. The van der Waals surface area contributed by atoms with Crippen molar-refractivity contribution in [3.63, 3.8) is 0 Å². The summed E-state index contributed by atoms with van der Waals surface area (Å²) in [6.45, 7) is 6.09. The number of fused-ring (bicyclic) bond motifs is 2. The fourth-order valence-corrected chi connectivity index (χ4v) is 7.83. The van der Waals surface area contributed by atoms with Crippen LogP contribution in [-0.2, 0) is 37.0 Å². The average Bonchev–Trinajstić information content (AvgIpc) is 3.11. The number of rotatable bonds is 4. The Bertz CT molecular complexity index is 1020. The summed E-state index contributed by atoms with van der Waals surface area (Å²) in [4.78, 5) is 28.6. The Kier molecular flexibility index (Phi) is 7.32. The Labute approximate surface area is 206 Å². The molecule has 8 heteroatoms. The number of ether oxygens (including phenoxy) is 1. The van der Waals surface area contributed by atoms with Crippen molar-refractivity contribution in [1.82, 2.24) is 5.32 Å². The standard InChI is InChI=1S/C24H31BrN2O3S2/c1-24(2,3)30-22(28)19-15-10-5-4-6-11-18(15)32-21(19)27-23(29)26-13-16-14-9-7-8-12-17(14)31-20(16)25/h4-13H2,1-3H3,(H2,26,27,29). The van der Waals surface area contributed by atoms with Crippen LogP contribution in [0.1, 0.15) is 89.7 Å². The molecule has 0 spiro atoms. The molecule has 0 aromatic carbocycles. The second kappa shape index (κ2) is 9.85. The monoisotopic (exact) mass is 538 g/mol. The van der Waals surface area contributed by atoms with E-state index in [4.69, 9.17) is 4.74 Å². The highest BCUT2D eigenvalue weighted by Crippen LogP contribution is 2.39. The van der Waals surface area contributed by atoms with Gasteiger partial charge in [0.1, 0.15) is 10.6 Å². The van der Waals surface area contributed by atoms with Crippen LogP contribution in [0, 0.1) is 0 Å². The van der Waals surface area contributed by atoms with Crippen molar-refractivity contribution in [3.8, 4) is 0 Å². The van der Waals surface area contributed by atoms with Crippen LogP contribution in [0.5, 0.6) is 0 Å². The minimum absolute atomic E-state index is 0.283. The van der Waals surface area contributed by atoms with Crippen molar-refractivity contribution in [2.24, 2.45) is 0 Å². The maximum absolute atomic E-state index is 13.1. The summed E-state index contributed by atoms with van der Waals surface area (Å²) >= 11 is 7.00. The van der Waals surface area contributed by atoms with Crippen LogP contribution in [-0.4, -0.2) is 17.6 Å². The molecule has 174 valence electrons. The summed E-state index contributed by atoms with van der Waals surface area (Å²) in [5, 5.41) is 6.59. The first kappa shape index (κ1) is 23.8. The van der Waals surface area contributed by atoms with E-state index in [0.717, 1.165) is 54.3 Å². The zero-order chi connectivity index (χ0) is 22.9. The summed E-state index contributed by atoms with van der Waals surface area (Å²) in [6, 6.07) is -0.283. The lowest BCUT2D eigenvalue weighted by molar-refractivity contribution is 0.00700. The van der Waals surface area contributed by atoms with Crippen molar-refractivity contribution in [3.05, 3.63) is 35.8 Å². The molecule has 0 bridgehead atoms. The lowest BCUT2D eigenvalue weighted by atomic mass is 9.96. The molecule has 0 unspecified atom stereocenters. The number of hydrogen-bond acceptors (Lipinski definition) is 5. The molecule has 2 heterocycles. The van der Waals surface area contributed by atoms with Gasteiger partial charge in [0.05, 0.1) is 9.35 Å². The zero-order valence-corrected chi connectivity index (χ0v) is 22.2. The van der Waals surface area contributed by atoms with E-state index in [9.17, 15) is 9.59 Å². The second-order valence-electron chi connectivity index (χ2n) is 9.54. The van der Waals surface area contributed by atoms with Gasteiger partial charge in [0.15, 0.2) is 0 Å². The molecule has 0 aliphatic heterocycles. The van der Waals surface area contributed by atoms with Gasteiger partial charge in [0.2, 0.25) is 0 Å². The number of esters is 1. The maximum Gasteiger partial charge on any atom is 0.341 e. The highest BCUT2D eigenvalue weighted by Gasteiger charge is 2.29. The number of amides is 2. The lowest BCUT2D eigenvalue weighted by Crippen LogP contribution is -2.30. The molecule has 5 nitrogen and oxygen atoms in total. The Hall–Kier alpha value is -1.38. The number of hydrogen-bond donors (Lipinski definition) is 2. The highest BCUT2D eigenvalue weighted by molar-refractivity contribution is 9.11. The SMILES string of the molecule is CC(C)(C)OC(=O)c1c(NC(=O)NCc2c(Br)sc3c2CCCC3)sc2c1CCCCC2. The summed E-state index contributed by atoms with van der Waals surface area (Å²) in [6.07, 6.45) is 9.80. The van der Waals surface area contributed by atoms with Gasteiger partial charge in [-0.2, -0.15) is 0 Å². The van der Waals surface area contributed by atoms with E-state index in [2.05, 4.69) is 26.6 Å². The van der Waals surface area contributed by atoms with Crippen molar-refractivity contribution >= 4 is 55.6 Å². The van der Waals surface area contributed by atoms with E-state index in [1.54, 1.807) is 11.3 Å². The van der Waals surface area contributed by atoms with Crippen molar-refractivity contribution in [2.75, 3.05) is 5.32 Å². The van der Waals surface area contributed by atoms with Gasteiger partial charge in [-0.15, -0.1) is 22.7 Å². The van der Waals surface area contributed by atoms with Crippen LogP contribution in [0.25, 0.3) is 0 Å². The normalized spacial score (nSPS) is 16.0. The van der Waals surface area contributed by atoms with Gasteiger partial charge in [0.25, 0.3) is 0 Å². The summed E-state index contributed by atoms with van der Waals surface area (Å²) in [5.74, 6) is -0.346. The minimum Gasteiger partial charge on any atom is -0.456 e. The Morgan fingerprint density at radius 2 is 1.56 bits per heavy atom. The molecule has 0 radical (unpaired) electrons. The molecule has 2 amide bonds. The molecule has 2 aromatic heterocycles. The topological polar surface area (TPSA) is 67.4 Å². The average molecular weight is 540 g/mol. The van der Waals surface area contributed by atoms with Gasteiger partial charge in [-0.3, -0.25) is 5.32 Å². The smallest absolute Gasteiger partial charge is 0.341 e. The molecular formula is C24H31BrN2O3S2. The number of carbonyl (C=O) groups is 2. The van der Waals surface area contributed by atoms with Gasteiger partial charge < -0.3 is 10.1 Å². The largest absolute Gasteiger partial charge is 0.456 e. The number of carbonyl (C=O) groups excluding carboxylic acids is 2. The number of thiophene rings is 2. The first-order valence-electron chi connectivity index (χ1n) is 11.4. The van der Waals surface area contributed by atoms with Crippen LogP contribution in [0.15, 0.2) is 3.79 Å². The molecule has 0 atom stereocenters. The first-order chi connectivity index (χ1) is 15.2. The fourth-order valence-electron chi connectivity index (χ4n) is 4.47. The number of aryl methyl sites for hydroxylation is 2. The van der Waals surface area contributed by atoms with Crippen LogP contribution in [0.3, 0.4) is 0 Å². The number of nitrogens with one attached hydrogen (secondary N) is 2. The molecule has 32 heavy (non-hydrogen) atoms. The third-order valence-corrected chi connectivity index (χ3v) is 9.20. The van der Waals surface area contributed by atoms with E-state index in [1.807, 2.05) is 20.8 Å². The Balaban J connectivity index is 1.51. The second-order valence-corrected chi connectivity index (χ2v) is 13.1. The number of anilines is 1. The molecule has 2 aliphatic carbocycles. The van der Waals surface area contributed by atoms with E-state index in [1.165, 1.54) is 45.1 Å². The molecule has 2 aliphatic rings. The Morgan fingerprint density at radius 1 is 0.938 bits per heavy atom. The molecule has 0 saturated heterocycles. The highest BCUT2D eigenvalue weighted by atomic mass is 79.9. The lowest BCUT2D eigenvalue weighted by Gasteiger charge is -2.20. The van der Waals surface area contributed by atoms with Gasteiger partial charge in [-0.25, -0.2) is 9.59 Å². The molecule has 0 saturated carbocycles. The van der Waals surface area contributed by atoms with Crippen LogP contribution < -0.4 is 10.6 Å². The van der Waals surface area contributed by atoms with E-state index < -0.39 is 5.60 Å². The van der Waals surface area contributed by atoms with Gasteiger partial charge in [-0.05, 0) is 105 Å². The van der Waals surface area contributed by atoms with Crippen molar-refractivity contribution in [2.45, 2.75) is 90.7 Å². The van der Waals surface area contributed by atoms with Gasteiger partial charge >= 0.3 is 12.0 Å². The Morgan fingerprint density at radius 3 is 2.31 bits per heavy atom. The minimum atomic E-state index is -0.583. The number of halogens is 1. The van der Waals surface area contributed by atoms with E-state index in [-0.39, 0.29) is 12.0 Å². The predicted octanol–water partition coefficient (Wildman–Crippen LogP) is 7.00. The summed E-state index contributed by atoms with van der Waals surface area (Å²) in [5.41, 5.74) is 3.61.